The molecule has 1 aliphatic heterocycles. The Morgan fingerprint density at radius 2 is 1.79 bits per heavy atom. The molecule has 0 aliphatic carbocycles. The van der Waals surface area contributed by atoms with Crippen molar-refractivity contribution in [2.75, 3.05) is 39.5 Å². The molecule has 1 aliphatic rings. The number of carbonyl (C=O) groups excluding carboxylic acids is 2. The van der Waals surface area contributed by atoms with Crippen LogP contribution in [0.5, 0.6) is 0 Å². The van der Waals surface area contributed by atoms with Crippen molar-refractivity contribution in [3.05, 3.63) is 70.8 Å². The Morgan fingerprint density at radius 3 is 2.52 bits per heavy atom. The second-order valence-corrected chi connectivity index (χ2v) is 7.19. The predicted molar refractivity (Wildman–Crippen MR) is 111 cm³/mol. The van der Waals surface area contributed by atoms with Crippen molar-refractivity contribution in [1.82, 2.24) is 10.2 Å². The van der Waals surface area contributed by atoms with E-state index in [9.17, 15) is 9.59 Å². The molecule has 0 aromatic heterocycles. The van der Waals surface area contributed by atoms with Crippen molar-refractivity contribution < 1.29 is 19.1 Å². The van der Waals surface area contributed by atoms with Crippen LogP contribution in [0.4, 0.5) is 0 Å². The maximum atomic E-state index is 12.2. The molecular formula is C23H28N2O4. The smallest absolute Gasteiger partial charge is 0.338 e. The van der Waals surface area contributed by atoms with Gasteiger partial charge < -0.3 is 14.8 Å². The average molecular weight is 396 g/mol. The van der Waals surface area contributed by atoms with Gasteiger partial charge in [-0.3, -0.25) is 9.69 Å². The Bertz CT molecular complexity index is 814. The molecule has 6 nitrogen and oxygen atoms in total. The van der Waals surface area contributed by atoms with Crippen LogP contribution in [0, 0.1) is 6.92 Å². The monoisotopic (exact) mass is 396 g/mol. The molecule has 0 bridgehead atoms. The molecule has 0 spiro atoms. The van der Waals surface area contributed by atoms with Crippen molar-refractivity contribution in [3.63, 3.8) is 0 Å². The minimum Gasteiger partial charge on any atom is -0.452 e. The van der Waals surface area contributed by atoms with Gasteiger partial charge in [0, 0.05) is 26.2 Å². The molecule has 3 rings (SSSR count). The lowest BCUT2D eigenvalue weighted by molar-refractivity contribution is -0.124. The maximum Gasteiger partial charge on any atom is 0.338 e. The van der Waals surface area contributed by atoms with Crippen molar-refractivity contribution >= 4 is 11.9 Å². The second kappa shape index (κ2) is 10.7. The van der Waals surface area contributed by atoms with E-state index in [0.717, 1.165) is 44.8 Å². The number of hydrogen-bond donors (Lipinski definition) is 1. The summed E-state index contributed by atoms with van der Waals surface area (Å²) in [4.78, 5) is 26.4. The second-order valence-electron chi connectivity index (χ2n) is 7.19. The van der Waals surface area contributed by atoms with Crippen LogP contribution < -0.4 is 5.32 Å². The number of amides is 1. The Morgan fingerprint density at radius 1 is 1.07 bits per heavy atom. The standard InChI is InChI=1S/C23H28N2O4/c1-18-4-2-3-5-20(18)10-11-24-22(26)17-29-23(27)21-8-6-19(7-9-21)16-25-12-14-28-15-13-25/h2-9H,10-17H2,1H3,(H,24,26). The van der Waals surface area contributed by atoms with E-state index in [1.165, 1.54) is 11.1 Å². The first kappa shape index (κ1) is 21.0. The van der Waals surface area contributed by atoms with Crippen molar-refractivity contribution in [1.29, 1.82) is 0 Å². The van der Waals surface area contributed by atoms with Gasteiger partial charge in [-0.2, -0.15) is 0 Å². The van der Waals surface area contributed by atoms with Crippen molar-refractivity contribution in [2.45, 2.75) is 19.9 Å². The quantitative estimate of drug-likeness (QED) is 0.694. The Hall–Kier alpha value is -2.70. The zero-order valence-corrected chi connectivity index (χ0v) is 16.9. The summed E-state index contributed by atoms with van der Waals surface area (Å²) in [5, 5.41) is 2.79. The summed E-state index contributed by atoms with van der Waals surface area (Å²) < 4.78 is 10.5. The molecule has 0 unspecified atom stereocenters. The summed E-state index contributed by atoms with van der Waals surface area (Å²) in [6.45, 7) is 6.48. The molecule has 0 saturated carbocycles. The number of esters is 1. The third-order valence-corrected chi connectivity index (χ3v) is 5.01. The topological polar surface area (TPSA) is 67.9 Å². The molecule has 1 N–H and O–H groups in total. The van der Waals surface area contributed by atoms with E-state index < -0.39 is 5.97 Å². The van der Waals surface area contributed by atoms with Gasteiger partial charge in [0.25, 0.3) is 5.91 Å². The van der Waals surface area contributed by atoms with E-state index in [-0.39, 0.29) is 12.5 Å². The van der Waals surface area contributed by atoms with Crippen LogP contribution in [0.25, 0.3) is 0 Å². The number of rotatable bonds is 8. The van der Waals surface area contributed by atoms with Gasteiger partial charge in [0.15, 0.2) is 6.61 Å². The van der Waals surface area contributed by atoms with Gasteiger partial charge in [-0.1, -0.05) is 36.4 Å². The Balaban J connectivity index is 1.38. The fourth-order valence-corrected chi connectivity index (χ4v) is 3.26. The summed E-state index contributed by atoms with van der Waals surface area (Å²) in [7, 11) is 0. The minimum atomic E-state index is -0.489. The lowest BCUT2D eigenvalue weighted by Crippen LogP contribution is -2.35. The molecule has 6 heteroatoms. The summed E-state index contributed by atoms with van der Waals surface area (Å²) in [5.74, 6) is -0.784. The van der Waals surface area contributed by atoms with Crippen LogP contribution in [-0.4, -0.2) is 56.2 Å². The molecule has 1 fully saturated rings. The first-order chi connectivity index (χ1) is 14.1. The van der Waals surface area contributed by atoms with E-state index in [1.807, 2.05) is 43.3 Å². The first-order valence-electron chi connectivity index (χ1n) is 9.99. The first-order valence-corrected chi connectivity index (χ1v) is 9.99. The average Bonchev–Trinajstić information content (AvgIpc) is 2.75. The predicted octanol–water partition coefficient (Wildman–Crippen LogP) is 2.34. The van der Waals surface area contributed by atoms with E-state index in [0.29, 0.717) is 12.1 Å². The molecule has 29 heavy (non-hydrogen) atoms. The molecule has 1 saturated heterocycles. The van der Waals surface area contributed by atoms with Crippen LogP contribution >= 0.6 is 0 Å². The highest BCUT2D eigenvalue weighted by Crippen LogP contribution is 2.10. The highest BCUT2D eigenvalue weighted by Gasteiger charge is 2.13. The van der Waals surface area contributed by atoms with Gasteiger partial charge in [0.2, 0.25) is 0 Å². The fraction of sp³-hybridized carbons (Fsp3) is 0.391. The highest BCUT2D eigenvalue weighted by atomic mass is 16.5. The van der Waals surface area contributed by atoms with Crippen LogP contribution in [0.15, 0.2) is 48.5 Å². The van der Waals surface area contributed by atoms with Crippen molar-refractivity contribution in [3.8, 4) is 0 Å². The molecule has 0 radical (unpaired) electrons. The fourth-order valence-electron chi connectivity index (χ4n) is 3.26. The van der Waals surface area contributed by atoms with Crippen LogP contribution in [0.3, 0.4) is 0 Å². The summed E-state index contributed by atoms with van der Waals surface area (Å²) in [5.41, 5.74) is 3.98. The lowest BCUT2D eigenvalue weighted by atomic mass is 10.1. The number of nitrogens with zero attached hydrogens (tertiary/aromatic N) is 1. The number of benzene rings is 2. The van der Waals surface area contributed by atoms with Gasteiger partial charge >= 0.3 is 5.97 Å². The summed E-state index contributed by atoms with van der Waals surface area (Å²) in [6, 6.07) is 15.4. The number of ether oxygens (including phenoxy) is 2. The van der Waals surface area contributed by atoms with Crippen LogP contribution in [-0.2, 0) is 27.2 Å². The Kier molecular flexibility index (Phi) is 7.78. The highest BCUT2D eigenvalue weighted by molar-refractivity contribution is 5.91. The van der Waals surface area contributed by atoms with Crippen LogP contribution in [0.2, 0.25) is 0 Å². The maximum absolute atomic E-state index is 12.2. The minimum absolute atomic E-state index is 0.276. The number of hydrogen-bond acceptors (Lipinski definition) is 5. The largest absolute Gasteiger partial charge is 0.452 e. The van der Waals surface area contributed by atoms with Gasteiger partial charge in [0.1, 0.15) is 0 Å². The number of nitrogens with one attached hydrogen (secondary N) is 1. The molecular weight excluding hydrogens is 368 g/mol. The molecule has 154 valence electrons. The third-order valence-electron chi connectivity index (χ3n) is 5.01. The number of carbonyl (C=O) groups is 2. The molecule has 1 amide bonds. The van der Waals surface area contributed by atoms with E-state index in [4.69, 9.17) is 9.47 Å². The third kappa shape index (κ3) is 6.69. The molecule has 2 aromatic rings. The SMILES string of the molecule is Cc1ccccc1CCNC(=O)COC(=O)c1ccc(CN2CCOCC2)cc1. The van der Waals surface area contributed by atoms with E-state index in [2.05, 4.69) is 10.2 Å². The Labute approximate surface area is 171 Å². The van der Waals surface area contributed by atoms with Gasteiger partial charge in [-0.05, 0) is 42.2 Å². The van der Waals surface area contributed by atoms with E-state index >= 15 is 0 Å². The molecule has 1 heterocycles. The molecule has 0 atom stereocenters. The number of aryl methyl sites for hydroxylation is 1. The zero-order valence-electron chi connectivity index (χ0n) is 16.9. The van der Waals surface area contributed by atoms with Gasteiger partial charge in [-0.25, -0.2) is 4.79 Å². The van der Waals surface area contributed by atoms with E-state index in [1.54, 1.807) is 12.1 Å². The summed E-state index contributed by atoms with van der Waals surface area (Å²) >= 11 is 0. The van der Waals surface area contributed by atoms with Gasteiger partial charge in [-0.15, -0.1) is 0 Å². The van der Waals surface area contributed by atoms with Crippen molar-refractivity contribution in [2.24, 2.45) is 0 Å². The van der Waals surface area contributed by atoms with Gasteiger partial charge in [0.05, 0.1) is 18.8 Å². The normalized spacial score (nSPS) is 14.4. The lowest BCUT2D eigenvalue weighted by Gasteiger charge is -2.26. The zero-order chi connectivity index (χ0) is 20.5. The summed E-state index contributed by atoms with van der Waals surface area (Å²) in [6.07, 6.45) is 0.747. The van der Waals surface area contributed by atoms with Crippen LogP contribution in [0.1, 0.15) is 27.0 Å². The molecule has 2 aromatic carbocycles. The number of morpholine rings is 1.